The summed E-state index contributed by atoms with van der Waals surface area (Å²) in [5, 5.41) is 0. The van der Waals surface area contributed by atoms with Crippen molar-refractivity contribution in [2.75, 3.05) is 19.6 Å². The minimum Gasteiger partial charge on any atom is -0.354 e. The highest BCUT2D eigenvalue weighted by atomic mass is 15.1. The van der Waals surface area contributed by atoms with Crippen LogP contribution in [0.5, 0.6) is 0 Å². The molecular formula is C71H61N10+3. The van der Waals surface area contributed by atoms with Crippen molar-refractivity contribution in [3.05, 3.63) is 318 Å². The number of aliphatic imine (C=N–C) groups is 4. The Balaban J connectivity index is 0.712. The summed E-state index contributed by atoms with van der Waals surface area (Å²) in [4.78, 5) is 26.1. The molecule has 0 atom stereocenters. The first-order valence-corrected chi connectivity index (χ1v) is 28.0. The van der Waals surface area contributed by atoms with Crippen molar-refractivity contribution < 1.29 is 13.7 Å². The second-order valence-corrected chi connectivity index (χ2v) is 20.6. The van der Waals surface area contributed by atoms with Gasteiger partial charge in [-0.2, -0.15) is 0 Å². The van der Waals surface area contributed by atoms with Crippen molar-refractivity contribution in [2.45, 2.75) is 32.5 Å². The van der Waals surface area contributed by atoms with E-state index < -0.39 is 0 Å². The molecule has 10 heterocycles. The van der Waals surface area contributed by atoms with Gasteiger partial charge in [0, 0.05) is 110 Å². The van der Waals surface area contributed by atoms with Crippen molar-refractivity contribution in [1.29, 1.82) is 0 Å². The minimum atomic E-state index is 0.637. The zero-order chi connectivity index (χ0) is 54.3. The number of nitrogens with zero attached hydrogens (tertiary/aromatic N) is 9. The van der Waals surface area contributed by atoms with E-state index in [4.69, 9.17) is 25.7 Å². The summed E-state index contributed by atoms with van der Waals surface area (Å²) < 4.78 is 6.81. The van der Waals surface area contributed by atoms with E-state index >= 15 is 0 Å². The van der Waals surface area contributed by atoms with Crippen molar-refractivity contribution in [1.82, 2.24) is 9.80 Å². The molecule has 3 aromatic heterocycles. The van der Waals surface area contributed by atoms with Crippen LogP contribution in [0.2, 0.25) is 0 Å². The molecule has 0 unspecified atom stereocenters. The Morgan fingerprint density at radius 2 is 0.605 bits per heavy atom. The highest BCUT2D eigenvalue weighted by Gasteiger charge is 2.28. The van der Waals surface area contributed by atoms with Crippen LogP contribution in [0.1, 0.15) is 35.1 Å². The smallest absolute Gasteiger partial charge is 0.169 e. The summed E-state index contributed by atoms with van der Waals surface area (Å²) in [6, 6.07) is 44.6. The molecule has 0 saturated carbocycles. The van der Waals surface area contributed by atoms with E-state index in [9.17, 15) is 0 Å². The molecule has 6 aromatic rings. The van der Waals surface area contributed by atoms with Gasteiger partial charge in [0.05, 0.1) is 52.1 Å². The van der Waals surface area contributed by atoms with Crippen LogP contribution in [0.15, 0.2) is 316 Å². The lowest BCUT2D eigenvalue weighted by Gasteiger charge is -2.21. The topological polar surface area (TPSA) is 93.6 Å². The Bertz CT molecular complexity index is 3910. The van der Waals surface area contributed by atoms with E-state index in [1.165, 1.54) is 22.3 Å². The predicted octanol–water partition coefficient (Wildman–Crippen LogP) is 11.6. The van der Waals surface area contributed by atoms with E-state index in [-0.39, 0.29) is 0 Å². The summed E-state index contributed by atoms with van der Waals surface area (Å²) >= 11 is 0. The van der Waals surface area contributed by atoms with Gasteiger partial charge in [0.25, 0.3) is 0 Å². The fourth-order valence-corrected chi connectivity index (χ4v) is 11.1. The lowest BCUT2D eigenvalue weighted by atomic mass is 9.98. The van der Waals surface area contributed by atoms with Gasteiger partial charge in [-0.05, 0) is 117 Å². The van der Waals surface area contributed by atoms with Crippen molar-refractivity contribution >= 4 is 45.1 Å². The van der Waals surface area contributed by atoms with Gasteiger partial charge in [-0.15, -0.1) is 0 Å². The molecule has 0 radical (unpaired) electrons. The van der Waals surface area contributed by atoms with Crippen LogP contribution in [0, 0.1) is 0 Å². The van der Waals surface area contributed by atoms with Gasteiger partial charge in [0.15, 0.2) is 50.3 Å². The minimum absolute atomic E-state index is 0.637. The largest absolute Gasteiger partial charge is 0.354 e. The zero-order valence-corrected chi connectivity index (χ0v) is 45.1. The highest BCUT2D eigenvalue weighted by Crippen LogP contribution is 2.38. The van der Waals surface area contributed by atoms with Gasteiger partial charge in [0.2, 0.25) is 0 Å². The van der Waals surface area contributed by atoms with Crippen LogP contribution in [-0.4, -0.2) is 52.3 Å². The molecule has 3 aromatic carbocycles. The normalized spacial score (nSPS) is 17.0. The first-order chi connectivity index (χ1) is 40.1. The van der Waals surface area contributed by atoms with Gasteiger partial charge in [-0.3, -0.25) is 0 Å². The number of allylic oxidation sites excluding steroid dienone is 18. The van der Waals surface area contributed by atoms with Crippen molar-refractivity contribution in [3.8, 4) is 11.1 Å². The molecule has 392 valence electrons. The summed E-state index contributed by atoms with van der Waals surface area (Å²) in [6.07, 6.45) is 49.3. The Morgan fingerprint density at radius 1 is 0.309 bits per heavy atom. The third kappa shape index (κ3) is 11.1. The molecule has 10 heteroatoms. The zero-order valence-electron chi connectivity index (χ0n) is 45.1. The number of hydrogen-bond acceptors (Lipinski definition) is 7. The molecule has 0 spiro atoms. The SMILES string of the molecule is NCCN1C=CC(=C2C=CN(CCC[n+]3ccc(-c4cc[n+](CCC[n+]5ccc(C6=C7C=CC(=N7)C(c7ccccc7)=C7C=CC(=N7)C(c7ccccc7)=C7C=CC(=N7)C(c7ccccc7)=C7C=CC6=N7)cc5)cc4)cc3)C=C2)C=C1. The second kappa shape index (κ2) is 23.1. The number of hydrogen-bond donors (Lipinski definition) is 1. The molecule has 7 aliphatic heterocycles. The van der Waals surface area contributed by atoms with Crippen LogP contribution in [0.3, 0.4) is 0 Å². The lowest BCUT2D eigenvalue weighted by molar-refractivity contribution is -0.726. The lowest BCUT2D eigenvalue weighted by Crippen LogP contribution is -2.38. The monoisotopic (exact) mass is 1050 g/mol. The summed E-state index contributed by atoms with van der Waals surface area (Å²) in [7, 11) is 0. The molecule has 10 nitrogen and oxygen atoms in total. The van der Waals surface area contributed by atoms with E-state index in [1.807, 2.05) is 18.2 Å². The molecule has 0 aliphatic carbocycles. The maximum Gasteiger partial charge on any atom is 0.169 e. The fraction of sp³-hybridized carbons (Fsp3) is 0.113. The van der Waals surface area contributed by atoms with Crippen LogP contribution in [0.4, 0.5) is 0 Å². The maximum absolute atomic E-state index is 5.71. The number of rotatable bonds is 15. The number of aromatic nitrogens is 3. The standard InChI is InChI=1S/C71H61N10/c72-36-51-81-47-32-55(33-48-81)54-30-45-78(46-31-54)38-10-37-77-41-26-52(27-42-77)53-28-43-79(44-29-53)39-11-40-80-49-34-59(35-50-80)71-66-24-22-64(75-66)69(57-14-6-2-7-15-57)62-20-18-60(73-62)68(56-12-4-1-5-13-56)61-19-21-63(74-61)70(58-16-8-3-9-17-58)65-23-25-67(71)76-65/h1-9,12-35,41-50H,10-11,36-40,51,72H2/q+3. The first-order valence-electron chi connectivity index (χ1n) is 28.0. The van der Waals surface area contributed by atoms with Crippen LogP contribution in [-0.2, 0) is 19.6 Å². The molecule has 2 N–H and O–H groups in total. The second-order valence-electron chi connectivity index (χ2n) is 20.6. The van der Waals surface area contributed by atoms with E-state index in [2.05, 4.69) is 268 Å². The molecule has 13 rings (SSSR count). The molecule has 81 heavy (non-hydrogen) atoms. The third-order valence-electron chi connectivity index (χ3n) is 15.3. The predicted molar refractivity (Wildman–Crippen MR) is 327 cm³/mol. The molecule has 0 amide bonds. The Kier molecular flexibility index (Phi) is 14.4. The highest BCUT2D eigenvalue weighted by molar-refractivity contribution is 6.39. The fourth-order valence-electron chi connectivity index (χ4n) is 11.1. The number of benzene rings is 3. The molecule has 7 aliphatic rings. The maximum atomic E-state index is 5.71. The number of pyridine rings is 3. The average Bonchev–Trinajstić information content (AvgIpc) is 4.47. The summed E-state index contributed by atoms with van der Waals surface area (Å²) in [5.74, 6) is 0. The number of fused-ring (bicyclic) bond motifs is 4. The van der Waals surface area contributed by atoms with Crippen molar-refractivity contribution in [2.24, 2.45) is 25.7 Å². The Labute approximate surface area is 473 Å². The summed E-state index contributed by atoms with van der Waals surface area (Å²) in [5.41, 5.74) is 25.3. The van der Waals surface area contributed by atoms with Crippen molar-refractivity contribution in [3.63, 3.8) is 0 Å². The Morgan fingerprint density at radius 3 is 0.938 bits per heavy atom. The van der Waals surface area contributed by atoms with E-state index in [0.717, 1.165) is 136 Å². The number of aryl methyl sites for hydroxylation is 3. The van der Waals surface area contributed by atoms with Gasteiger partial charge in [0.1, 0.15) is 6.54 Å². The van der Waals surface area contributed by atoms with E-state index in [1.54, 1.807) is 0 Å². The van der Waals surface area contributed by atoms with E-state index in [0.29, 0.717) is 6.54 Å². The molecule has 0 fully saturated rings. The average molecular weight is 1050 g/mol. The first kappa shape index (κ1) is 50.5. The Hall–Kier alpha value is -10.0. The van der Waals surface area contributed by atoms with Crippen LogP contribution < -0.4 is 19.4 Å². The van der Waals surface area contributed by atoms with Crippen LogP contribution in [0.25, 0.3) is 33.4 Å². The third-order valence-corrected chi connectivity index (χ3v) is 15.3. The quantitative estimate of drug-likeness (QED) is 0.104. The molecule has 8 bridgehead atoms. The molecule has 0 saturated heterocycles. The summed E-state index contributed by atoms with van der Waals surface area (Å²) in [6.45, 7) is 5.13. The van der Waals surface area contributed by atoms with Gasteiger partial charge in [-0.1, -0.05) is 91.0 Å². The van der Waals surface area contributed by atoms with Crippen LogP contribution >= 0.6 is 0 Å². The molecular weight excluding hydrogens is 993 g/mol. The van der Waals surface area contributed by atoms with Gasteiger partial charge in [-0.25, -0.2) is 33.7 Å². The van der Waals surface area contributed by atoms with Gasteiger partial charge < -0.3 is 15.5 Å². The van der Waals surface area contributed by atoms with Gasteiger partial charge >= 0.3 is 0 Å². The number of nitrogens with two attached hydrogens (primary N) is 1.